The Kier molecular flexibility index (Phi) is 9.33. The third kappa shape index (κ3) is 7.60. The molecule has 0 spiro atoms. The summed E-state index contributed by atoms with van der Waals surface area (Å²) in [6.07, 6.45) is -0.857. The minimum absolute atomic E-state index is 0.0868. The van der Waals surface area contributed by atoms with E-state index in [0.717, 1.165) is 5.56 Å². The molecule has 0 radical (unpaired) electrons. The molecule has 0 bridgehead atoms. The molecule has 3 N–H and O–H groups in total. The van der Waals surface area contributed by atoms with E-state index in [1.165, 1.54) is 20.3 Å². The fourth-order valence-electron chi connectivity index (χ4n) is 2.88. The quantitative estimate of drug-likeness (QED) is 0.390. The number of hydrogen-bond donors (Lipinski definition) is 3. The number of aliphatic imine (C=N–C) groups is 1. The summed E-state index contributed by atoms with van der Waals surface area (Å²) in [7, 11) is 3.08. The molecule has 2 aromatic carbocycles. The van der Waals surface area contributed by atoms with Crippen LogP contribution >= 0.6 is 0 Å². The van der Waals surface area contributed by atoms with Crippen molar-refractivity contribution in [3.05, 3.63) is 53.1 Å². The number of aliphatic hydroxyl groups excluding tert-OH is 1. The number of ether oxygens (including phenoxy) is 3. The highest BCUT2D eigenvalue weighted by Gasteiger charge is 2.13. The number of guanidine groups is 1. The fourth-order valence-corrected chi connectivity index (χ4v) is 2.88. The number of aryl methyl sites for hydroxylation is 1. The largest absolute Gasteiger partial charge is 0.497 e. The summed E-state index contributed by atoms with van der Waals surface area (Å²) < 4.78 is 40.4. The van der Waals surface area contributed by atoms with Crippen molar-refractivity contribution in [3.8, 4) is 17.2 Å². The number of rotatable bonds is 10. The third-order valence-electron chi connectivity index (χ3n) is 4.41. The molecule has 0 aliphatic rings. The SMILES string of the molecule is CCNC(=NCc1cc(C)ccc1OC(F)F)NCC(O)c1cc(OC)cc(OC)c1. The highest BCUT2D eigenvalue weighted by Crippen LogP contribution is 2.26. The number of methoxy groups -OCH3 is 2. The number of hydrogen-bond acceptors (Lipinski definition) is 5. The summed E-state index contributed by atoms with van der Waals surface area (Å²) in [5.74, 6) is 1.66. The lowest BCUT2D eigenvalue weighted by atomic mass is 10.1. The lowest BCUT2D eigenvalue weighted by molar-refractivity contribution is -0.0504. The Morgan fingerprint density at radius 1 is 1.06 bits per heavy atom. The van der Waals surface area contributed by atoms with Crippen molar-refractivity contribution >= 4 is 5.96 Å². The Labute approximate surface area is 181 Å². The first-order valence-corrected chi connectivity index (χ1v) is 9.83. The lowest BCUT2D eigenvalue weighted by Crippen LogP contribution is -2.39. The average molecular weight is 437 g/mol. The molecule has 0 fully saturated rings. The minimum atomic E-state index is -2.91. The van der Waals surface area contributed by atoms with E-state index in [0.29, 0.717) is 35.1 Å². The maximum absolute atomic E-state index is 12.7. The predicted molar refractivity (Wildman–Crippen MR) is 115 cm³/mol. The molecule has 2 aromatic rings. The van der Waals surface area contributed by atoms with E-state index in [4.69, 9.17) is 9.47 Å². The molecule has 31 heavy (non-hydrogen) atoms. The van der Waals surface area contributed by atoms with E-state index in [1.54, 1.807) is 30.3 Å². The first-order valence-electron chi connectivity index (χ1n) is 9.83. The van der Waals surface area contributed by atoms with Crippen LogP contribution in [0.25, 0.3) is 0 Å². The maximum atomic E-state index is 12.7. The van der Waals surface area contributed by atoms with Crippen LogP contribution in [0.4, 0.5) is 8.78 Å². The Hall–Kier alpha value is -3.07. The van der Waals surface area contributed by atoms with Gasteiger partial charge in [-0.15, -0.1) is 0 Å². The van der Waals surface area contributed by atoms with Crippen LogP contribution < -0.4 is 24.8 Å². The first kappa shape index (κ1) is 24.2. The smallest absolute Gasteiger partial charge is 0.387 e. The third-order valence-corrected chi connectivity index (χ3v) is 4.41. The van der Waals surface area contributed by atoms with Gasteiger partial charge in [0.2, 0.25) is 0 Å². The summed E-state index contributed by atoms with van der Waals surface area (Å²) >= 11 is 0. The van der Waals surface area contributed by atoms with E-state index in [9.17, 15) is 13.9 Å². The molecule has 7 nitrogen and oxygen atoms in total. The van der Waals surface area contributed by atoms with Crippen LogP contribution in [0.2, 0.25) is 0 Å². The van der Waals surface area contributed by atoms with Gasteiger partial charge in [0.25, 0.3) is 0 Å². The van der Waals surface area contributed by atoms with Crippen LogP contribution in [-0.2, 0) is 6.54 Å². The predicted octanol–water partition coefficient (Wildman–Crippen LogP) is 3.40. The molecule has 0 amide bonds. The van der Waals surface area contributed by atoms with Crippen molar-refractivity contribution in [2.45, 2.75) is 33.1 Å². The van der Waals surface area contributed by atoms with Crippen molar-refractivity contribution in [2.75, 3.05) is 27.3 Å². The normalized spacial score (nSPS) is 12.5. The van der Waals surface area contributed by atoms with E-state index >= 15 is 0 Å². The molecule has 2 rings (SSSR count). The molecule has 0 saturated heterocycles. The number of benzene rings is 2. The Morgan fingerprint density at radius 3 is 2.32 bits per heavy atom. The summed E-state index contributed by atoms with van der Waals surface area (Å²) in [4.78, 5) is 4.43. The number of aliphatic hydroxyl groups is 1. The zero-order chi connectivity index (χ0) is 22.8. The summed E-state index contributed by atoms with van der Waals surface area (Å²) in [5, 5.41) is 16.7. The lowest BCUT2D eigenvalue weighted by Gasteiger charge is -2.17. The van der Waals surface area contributed by atoms with E-state index in [1.807, 2.05) is 13.8 Å². The maximum Gasteiger partial charge on any atom is 0.387 e. The van der Waals surface area contributed by atoms with Crippen molar-refractivity contribution in [2.24, 2.45) is 4.99 Å². The molecule has 9 heteroatoms. The van der Waals surface area contributed by atoms with Crippen molar-refractivity contribution < 1.29 is 28.1 Å². The molecule has 1 atom stereocenters. The van der Waals surface area contributed by atoms with Crippen molar-refractivity contribution in [1.82, 2.24) is 10.6 Å². The monoisotopic (exact) mass is 437 g/mol. The van der Waals surface area contributed by atoms with Crippen LogP contribution in [0.5, 0.6) is 17.2 Å². The summed E-state index contributed by atoms with van der Waals surface area (Å²) in [6.45, 7) is 1.73. The van der Waals surface area contributed by atoms with Gasteiger partial charge in [0.1, 0.15) is 17.2 Å². The van der Waals surface area contributed by atoms with E-state index < -0.39 is 12.7 Å². The standard InChI is InChI=1S/C22H29F2N3O4/c1-5-25-22(26-12-16-8-14(2)6-7-20(16)31-21(23)24)27-13-19(28)15-9-17(29-3)11-18(10-15)30-4/h6-11,19,21,28H,5,12-13H2,1-4H3,(H2,25,26,27). The molecule has 0 aliphatic carbocycles. The average Bonchev–Trinajstić information content (AvgIpc) is 2.76. The first-order chi connectivity index (χ1) is 14.9. The van der Waals surface area contributed by atoms with Gasteiger partial charge in [-0.05, 0) is 37.6 Å². The van der Waals surface area contributed by atoms with Crippen LogP contribution in [-0.4, -0.2) is 45.0 Å². The van der Waals surface area contributed by atoms with Gasteiger partial charge >= 0.3 is 6.61 Å². The van der Waals surface area contributed by atoms with Gasteiger partial charge in [-0.1, -0.05) is 17.7 Å². The summed E-state index contributed by atoms with van der Waals surface area (Å²) in [6, 6.07) is 10.1. The Morgan fingerprint density at radius 2 is 1.74 bits per heavy atom. The van der Waals surface area contributed by atoms with Gasteiger partial charge in [-0.3, -0.25) is 0 Å². The zero-order valence-corrected chi connectivity index (χ0v) is 18.1. The molecular weight excluding hydrogens is 408 g/mol. The second-order valence-electron chi connectivity index (χ2n) is 6.73. The minimum Gasteiger partial charge on any atom is -0.497 e. The van der Waals surface area contributed by atoms with Gasteiger partial charge < -0.3 is 30.0 Å². The van der Waals surface area contributed by atoms with Crippen LogP contribution in [0.1, 0.15) is 29.7 Å². The van der Waals surface area contributed by atoms with Gasteiger partial charge in [0.15, 0.2) is 5.96 Å². The fraction of sp³-hybridized carbons (Fsp3) is 0.409. The molecule has 0 aromatic heterocycles. The second kappa shape index (κ2) is 11.9. The number of halogens is 2. The van der Waals surface area contributed by atoms with E-state index in [-0.39, 0.29) is 18.8 Å². The molecule has 1 unspecified atom stereocenters. The molecule has 0 heterocycles. The van der Waals surface area contributed by atoms with Gasteiger partial charge in [0, 0.05) is 24.7 Å². The van der Waals surface area contributed by atoms with Gasteiger partial charge in [-0.25, -0.2) is 4.99 Å². The molecule has 0 aliphatic heterocycles. The van der Waals surface area contributed by atoms with Gasteiger partial charge in [-0.2, -0.15) is 8.78 Å². The molecule has 170 valence electrons. The van der Waals surface area contributed by atoms with Gasteiger partial charge in [0.05, 0.1) is 26.9 Å². The van der Waals surface area contributed by atoms with Crippen LogP contribution in [0.3, 0.4) is 0 Å². The van der Waals surface area contributed by atoms with Crippen LogP contribution in [0, 0.1) is 6.92 Å². The Bertz CT molecular complexity index is 856. The zero-order valence-electron chi connectivity index (χ0n) is 18.1. The highest BCUT2D eigenvalue weighted by molar-refractivity contribution is 5.79. The summed E-state index contributed by atoms with van der Waals surface area (Å²) in [5.41, 5.74) is 2.06. The highest BCUT2D eigenvalue weighted by atomic mass is 19.3. The molecule has 0 saturated carbocycles. The topological polar surface area (TPSA) is 84.3 Å². The molecular formula is C22H29F2N3O4. The number of nitrogens with one attached hydrogen (secondary N) is 2. The van der Waals surface area contributed by atoms with Crippen molar-refractivity contribution in [1.29, 1.82) is 0 Å². The van der Waals surface area contributed by atoms with Crippen LogP contribution in [0.15, 0.2) is 41.4 Å². The van der Waals surface area contributed by atoms with Crippen molar-refractivity contribution in [3.63, 3.8) is 0 Å². The second-order valence-corrected chi connectivity index (χ2v) is 6.73. The number of nitrogens with zero attached hydrogens (tertiary/aromatic N) is 1. The number of alkyl halides is 2. The van der Waals surface area contributed by atoms with E-state index in [2.05, 4.69) is 20.4 Å². The Balaban J connectivity index is 2.11.